The Morgan fingerprint density at radius 1 is 1.12 bits per heavy atom. The minimum atomic E-state index is -4.53. The van der Waals surface area contributed by atoms with Gasteiger partial charge in [-0.3, -0.25) is 0 Å². The standard InChI is InChI=1S/C8H15F3N2O2S/c9-8(10,11)6-12-16(14,15)13-7-4-2-1-3-5-7/h7,12-13H,1-6H2. The van der Waals surface area contributed by atoms with Crippen LogP contribution in [0.5, 0.6) is 0 Å². The highest BCUT2D eigenvalue weighted by molar-refractivity contribution is 7.87. The van der Waals surface area contributed by atoms with Crippen LogP contribution >= 0.6 is 0 Å². The summed E-state index contributed by atoms with van der Waals surface area (Å²) in [4.78, 5) is 0. The molecule has 1 aliphatic carbocycles. The minimum absolute atomic E-state index is 0.237. The summed E-state index contributed by atoms with van der Waals surface area (Å²) in [7, 11) is -4.03. The van der Waals surface area contributed by atoms with Crippen molar-refractivity contribution in [2.75, 3.05) is 6.54 Å². The fraction of sp³-hybridized carbons (Fsp3) is 1.00. The van der Waals surface area contributed by atoms with Gasteiger partial charge in [-0.15, -0.1) is 0 Å². The van der Waals surface area contributed by atoms with E-state index in [1.807, 2.05) is 0 Å². The highest BCUT2D eigenvalue weighted by Gasteiger charge is 2.30. The molecule has 2 N–H and O–H groups in total. The Kier molecular flexibility index (Phi) is 4.57. The summed E-state index contributed by atoms with van der Waals surface area (Å²) in [6.07, 6.45) is -0.283. The van der Waals surface area contributed by atoms with Crippen LogP contribution in [0.25, 0.3) is 0 Å². The zero-order chi connectivity index (χ0) is 12.2. The topological polar surface area (TPSA) is 58.2 Å². The molecule has 0 radical (unpaired) electrons. The smallest absolute Gasteiger partial charge is 0.199 e. The lowest BCUT2D eigenvalue weighted by atomic mass is 9.96. The van der Waals surface area contributed by atoms with Crippen LogP contribution in [0, 0.1) is 0 Å². The van der Waals surface area contributed by atoms with Gasteiger partial charge in [0.15, 0.2) is 0 Å². The maximum Gasteiger partial charge on any atom is 0.402 e. The summed E-state index contributed by atoms with van der Waals surface area (Å²) in [5.74, 6) is 0. The first-order valence-electron chi connectivity index (χ1n) is 5.12. The lowest BCUT2D eigenvalue weighted by Crippen LogP contribution is -2.46. The second-order valence-corrected chi connectivity index (χ2v) is 5.42. The van der Waals surface area contributed by atoms with Crippen molar-refractivity contribution in [2.45, 2.75) is 44.3 Å². The fourth-order valence-electron chi connectivity index (χ4n) is 1.66. The largest absolute Gasteiger partial charge is 0.402 e. The molecule has 96 valence electrons. The maximum atomic E-state index is 11.8. The summed E-state index contributed by atoms with van der Waals surface area (Å²) < 4.78 is 61.6. The molecule has 0 bridgehead atoms. The van der Waals surface area contributed by atoms with Crippen molar-refractivity contribution in [2.24, 2.45) is 0 Å². The summed E-state index contributed by atoms with van der Waals surface area (Å²) in [6, 6.07) is -0.237. The van der Waals surface area contributed by atoms with Crippen LogP contribution in [0.15, 0.2) is 0 Å². The van der Waals surface area contributed by atoms with E-state index in [4.69, 9.17) is 0 Å². The van der Waals surface area contributed by atoms with E-state index in [9.17, 15) is 21.6 Å². The zero-order valence-corrected chi connectivity index (χ0v) is 9.50. The number of hydrogen-bond acceptors (Lipinski definition) is 2. The van der Waals surface area contributed by atoms with Crippen molar-refractivity contribution >= 4 is 10.2 Å². The molecule has 1 rings (SSSR count). The van der Waals surface area contributed by atoms with Crippen molar-refractivity contribution in [3.8, 4) is 0 Å². The van der Waals surface area contributed by atoms with Gasteiger partial charge >= 0.3 is 6.18 Å². The van der Waals surface area contributed by atoms with Gasteiger partial charge in [-0.2, -0.15) is 31.0 Å². The van der Waals surface area contributed by atoms with E-state index >= 15 is 0 Å². The molecular formula is C8H15F3N2O2S. The van der Waals surface area contributed by atoms with E-state index < -0.39 is 22.9 Å². The van der Waals surface area contributed by atoms with Gasteiger partial charge in [0.2, 0.25) is 0 Å². The van der Waals surface area contributed by atoms with E-state index in [-0.39, 0.29) is 6.04 Å². The highest BCUT2D eigenvalue weighted by atomic mass is 32.2. The van der Waals surface area contributed by atoms with Crippen molar-refractivity contribution in [3.63, 3.8) is 0 Å². The van der Waals surface area contributed by atoms with Gasteiger partial charge in [0.25, 0.3) is 10.2 Å². The average Bonchev–Trinajstić information content (AvgIpc) is 2.15. The Hall–Kier alpha value is -0.340. The van der Waals surface area contributed by atoms with Gasteiger partial charge in [-0.25, -0.2) is 0 Å². The molecule has 4 nitrogen and oxygen atoms in total. The molecule has 8 heteroatoms. The van der Waals surface area contributed by atoms with Crippen molar-refractivity contribution in [3.05, 3.63) is 0 Å². The summed E-state index contributed by atoms with van der Waals surface area (Å²) >= 11 is 0. The quantitative estimate of drug-likeness (QED) is 0.800. The van der Waals surface area contributed by atoms with Crippen LogP contribution in [0.1, 0.15) is 32.1 Å². The number of halogens is 3. The normalized spacial score (nSPS) is 19.9. The van der Waals surface area contributed by atoms with Crippen LogP contribution in [-0.4, -0.2) is 27.2 Å². The van der Waals surface area contributed by atoms with E-state index in [1.165, 1.54) is 4.72 Å². The van der Waals surface area contributed by atoms with Gasteiger partial charge in [0.05, 0.1) is 0 Å². The first kappa shape index (κ1) is 13.7. The predicted octanol–water partition coefficient (Wildman–Crippen LogP) is 1.31. The van der Waals surface area contributed by atoms with Gasteiger partial charge in [0.1, 0.15) is 6.54 Å². The Balaban J connectivity index is 2.38. The van der Waals surface area contributed by atoms with Crippen molar-refractivity contribution < 1.29 is 21.6 Å². The minimum Gasteiger partial charge on any atom is -0.199 e. The molecule has 0 atom stereocenters. The lowest BCUT2D eigenvalue weighted by molar-refractivity contribution is -0.121. The zero-order valence-electron chi connectivity index (χ0n) is 8.68. The second-order valence-electron chi connectivity index (χ2n) is 3.89. The second kappa shape index (κ2) is 5.33. The number of nitrogens with one attached hydrogen (secondary N) is 2. The van der Waals surface area contributed by atoms with Crippen LogP contribution in [-0.2, 0) is 10.2 Å². The third-order valence-electron chi connectivity index (χ3n) is 2.39. The summed E-state index contributed by atoms with van der Waals surface area (Å²) in [6.45, 7) is -1.53. The molecule has 1 aliphatic rings. The number of rotatable bonds is 4. The first-order chi connectivity index (χ1) is 7.29. The Morgan fingerprint density at radius 2 is 1.69 bits per heavy atom. The molecule has 0 aromatic heterocycles. The van der Waals surface area contributed by atoms with Gasteiger partial charge in [-0.05, 0) is 12.8 Å². The Bertz CT molecular complexity index is 310. The van der Waals surface area contributed by atoms with Crippen LogP contribution in [0.2, 0.25) is 0 Å². The Labute approximate surface area is 92.8 Å². The maximum absolute atomic E-state index is 11.8. The van der Waals surface area contributed by atoms with Crippen molar-refractivity contribution in [1.29, 1.82) is 0 Å². The monoisotopic (exact) mass is 260 g/mol. The molecule has 0 heterocycles. The van der Waals surface area contributed by atoms with Crippen molar-refractivity contribution in [1.82, 2.24) is 9.44 Å². The molecule has 0 saturated heterocycles. The van der Waals surface area contributed by atoms with Gasteiger partial charge < -0.3 is 0 Å². The van der Waals surface area contributed by atoms with E-state index in [0.717, 1.165) is 19.3 Å². The van der Waals surface area contributed by atoms with E-state index in [2.05, 4.69) is 4.72 Å². The summed E-state index contributed by atoms with van der Waals surface area (Å²) in [5.41, 5.74) is 0. The number of hydrogen-bond donors (Lipinski definition) is 2. The third-order valence-corrected chi connectivity index (χ3v) is 3.56. The molecule has 1 saturated carbocycles. The Morgan fingerprint density at radius 3 is 2.19 bits per heavy atom. The van der Waals surface area contributed by atoms with Gasteiger partial charge in [-0.1, -0.05) is 19.3 Å². The fourth-order valence-corrected chi connectivity index (χ4v) is 2.77. The highest BCUT2D eigenvalue weighted by Crippen LogP contribution is 2.18. The number of alkyl halides is 3. The first-order valence-corrected chi connectivity index (χ1v) is 6.60. The van der Waals surface area contributed by atoms with E-state index in [0.29, 0.717) is 12.8 Å². The molecule has 0 aromatic carbocycles. The van der Waals surface area contributed by atoms with Gasteiger partial charge in [0, 0.05) is 6.04 Å². The molecule has 16 heavy (non-hydrogen) atoms. The molecule has 0 amide bonds. The molecule has 1 fully saturated rings. The molecule has 0 unspecified atom stereocenters. The molecule has 0 aromatic rings. The predicted molar refractivity (Wildman–Crippen MR) is 53.0 cm³/mol. The van der Waals surface area contributed by atoms with Crippen LogP contribution in [0.4, 0.5) is 13.2 Å². The SMILES string of the molecule is O=S(=O)(NCC(F)(F)F)NC1CCCCC1. The molecule has 0 aliphatic heterocycles. The van der Waals surface area contributed by atoms with E-state index in [1.54, 1.807) is 0 Å². The third kappa shape index (κ3) is 5.66. The molecule has 0 spiro atoms. The summed E-state index contributed by atoms with van der Waals surface area (Å²) in [5, 5.41) is 0. The van der Waals surface area contributed by atoms with Crippen LogP contribution in [0.3, 0.4) is 0 Å². The van der Waals surface area contributed by atoms with Crippen LogP contribution < -0.4 is 9.44 Å². The molecular weight excluding hydrogens is 245 g/mol. The average molecular weight is 260 g/mol. The lowest BCUT2D eigenvalue weighted by Gasteiger charge is -2.22.